The predicted molar refractivity (Wildman–Crippen MR) is 310 cm³/mol. The average Bonchev–Trinajstić information content (AvgIpc) is 4.13. The lowest BCUT2D eigenvalue weighted by Crippen LogP contribution is -2.40. The minimum absolute atomic E-state index is 0.273. The van der Waals surface area contributed by atoms with Crippen molar-refractivity contribution < 1.29 is 8.78 Å². The number of nitrogens with zero attached hydrogens (tertiary/aromatic N) is 2. The van der Waals surface area contributed by atoms with Gasteiger partial charge in [-0.15, -0.1) is 22.7 Å². The highest BCUT2D eigenvalue weighted by molar-refractivity contribution is 7.27. The van der Waals surface area contributed by atoms with Gasteiger partial charge in [0.1, 0.15) is 11.6 Å². The summed E-state index contributed by atoms with van der Waals surface area (Å²) in [5.74, 6) is -0.594. The van der Waals surface area contributed by atoms with Gasteiger partial charge in [-0.2, -0.15) is 0 Å². The van der Waals surface area contributed by atoms with Crippen molar-refractivity contribution in [3.63, 3.8) is 0 Å². The first-order valence-corrected chi connectivity index (χ1v) is 27.3. The number of thiophene rings is 2. The Hall–Kier alpha value is -7.90. The van der Waals surface area contributed by atoms with Crippen molar-refractivity contribution in [3.8, 4) is 11.1 Å². The Kier molecular flexibility index (Phi) is 10.2. The van der Waals surface area contributed by atoms with Gasteiger partial charge in [0, 0.05) is 59.1 Å². The van der Waals surface area contributed by atoms with Gasteiger partial charge in [-0.3, -0.25) is 0 Å². The maximum Gasteiger partial charge on any atom is 0.125 e. The Balaban J connectivity index is 1.07. The van der Waals surface area contributed by atoms with Crippen LogP contribution in [0.15, 0.2) is 206 Å². The molecule has 2 heterocycles. The van der Waals surface area contributed by atoms with E-state index < -0.39 is 5.41 Å². The summed E-state index contributed by atoms with van der Waals surface area (Å²) in [6.45, 7) is 9.13. The minimum Gasteiger partial charge on any atom is -0.309 e. The first-order chi connectivity index (χ1) is 36.2. The largest absolute Gasteiger partial charge is 0.309 e. The molecule has 10 aromatic carbocycles. The van der Waals surface area contributed by atoms with Crippen LogP contribution in [0.1, 0.15) is 72.2 Å². The Bertz CT molecular complexity index is 4000. The summed E-state index contributed by atoms with van der Waals surface area (Å²) < 4.78 is 36.3. The van der Waals surface area contributed by atoms with Gasteiger partial charge in [0.15, 0.2) is 0 Å². The summed E-state index contributed by atoms with van der Waals surface area (Å²) in [5.41, 5.74) is 16.7. The quantitative estimate of drug-likeness (QED) is 0.150. The van der Waals surface area contributed by atoms with Gasteiger partial charge in [0.2, 0.25) is 0 Å². The Morgan fingerprint density at radius 2 is 0.743 bits per heavy atom. The smallest absolute Gasteiger partial charge is 0.125 e. The van der Waals surface area contributed by atoms with Gasteiger partial charge in [-0.05, 0) is 141 Å². The summed E-state index contributed by atoms with van der Waals surface area (Å²) in [4.78, 5) is 4.50. The fourth-order valence-electron chi connectivity index (χ4n) is 12.9. The molecule has 0 N–H and O–H groups in total. The number of hydrogen-bond donors (Lipinski definition) is 0. The SMILES string of the molecule is CCc1cccc2c1sc1c(N(c3cccc(F)c3)c3ccc4c(c3)-c3cc(N(c5cccc(F)c5)c5cccc6c5sc5c(CC)cccc56)ccc3C43c4ccccc4C(C)(C)c4ccccc43)cccc12. The molecule has 14 rings (SSSR count). The number of rotatable bonds is 8. The highest BCUT2D eigenvalue weighted by Gasteiger charge is 2.53. The van der Waals surface area contributed by atoms with Crippen molar-refractivity contribution in [1.82, 2.24) is 0 Å². The number of halogens is 2. The van der Waals surface area contributed by atoms with Crippen LogP contribution in [0.3, 0.4) is 0 Å². The number of aryl methyl sites for hydroxylation is 2. The van der Waals surface area contributed by atoms with E-state index in [1.54, 1.807) is 24.3 Å². The summed E-state index contributed by atoms with van der Waals surface area (Å²) >= 11 is 3.63. The molecule has 12 aromatic rings. The van der Waals surface area contributed by atoms with Crippen molar-refractivity contribution in [3.05, 3.63) is 262 Å². The van der Waals surface area contributed by atoms with Crippen LogP contribution in [-0.2, 0) is 23.7 Å². The van der Waals surface area contributed by atoms with E-state index in [-0.39, 0.29) is 17.0 Å². The lowest BCUT2D eigenvalue weighted by molar-refractivity contribution is 0.563. The average molecular weight is 997 g/mol. The van der Waals surface area contributed by atoms with E-state index >= 15 is 8.78 Å². The molecule has 2 aliphatic carbocycles. The minimum atomic E-state index is -0.679. The van der Waals surface area contributed by atoms with Crippen LogP contribution in [0.2, 0.25) is 0 Å². The lowest BCUT2D eigenvalue weighted by atomic mass is 9.55. The van der Waals surface area contributed by atoms with E-state index in [9.17, 15) is 0 Å². The second kappa shape index (κ2) is 16.8. The van der Waals surface area contributed by atoms with Crippen molar-refractivity contribution in [2.24, 2.45) is 0 Å². The normalized spacial score (nSPS) is 13.9. The first-order valence-electron chi connectivity index (χ1n) is 25.7. The highest BCUT2D eigenvalue weighted by Crippen LogP contribution is 2.64. The molecule has 0 saturated carbocycles. The first kappa shape index (κ1) is 44.8. The third-order valence-electron chi connectivity index (χ3n) is 16.2. The zero-order chi connectivity index (χ0) is 50.0. The third kappa shape index (κ3) is 6.37. The number of hydrogen-bond acceptors (Lipinski definition) is 4. The van der Waals surface area contributed by atoms with E-state index in [0.29, 0.717) is 0 Å². The Morgan fingerprint density at radius 3 is 1.16 bits per heavy atom. The molecule has 0 unspecified atom stereocenters. The zero-order valence-corrected chi connectivity index (χ0v) is 43.1. The van der Waals surface area contributed by atoms with Crippen LogP contribution in [-0.4, -0.2) is 0 Å². The van der Waals surface area contributed by atoms with Crippen molar-refractivity contribution in [2.75, 3.05) is 9.80 Å². The molecule has 0 bridgehead atoms. The molecule has 0 atom stereocenters. The number of fused-ring (bicyclic) bond motifs is 15. The van der Waals surface area contributed by atoms with Crippen LogP contribution >= 0.6 is 22.7 Å². The monoisotopic (exact) mass is 996 g/mol. The summed E-state index contributed by atoms with van der Waals surface area (Å²) in [7, 11) is 0. The summed E-state index contributed by atoms with van der Waals surface area (Å²) in [6.07, 6.45) is 1.86. The van der Waals surface area contributed by atoms with Crippen LogP contribution in [0, 0.1) is 11.6 Å². The molecule has 0 fully saturated rings. The molecule has 2 nitrogen and oxygen atoms in total. The van der Waals surface area contributed by atoms with Crippen LogP contribution < -0.4 is 9.80 Å². The van der Waals surface area contributed by atoms with Crippen LogP contribution in [0.25, 0.3) is 51.5 Å². The predicted octanol–water partition coefficient (Wildman–Crippen LogP) is 19.8. The number of anilines is 6. The lowest BCUT2D eigenvalue weighted by Gasteiger charge is -2.46. The summed E-state index contributed by atoms with van der Waals surface area (Å²) in [5, 5.41) is 4.84. The molecule has 0 saturated heterocycles. The maximum atomic E-state index is 15.7. The Morgan fingerprint density at radius 1 is 0.365 bits per heavy atom. The van der Waals surface area contributed by atoms with E-state index in [1.165, 1.54) is 87.6 Å². The van der Waals surface area contributed by atoms with Gasteiger partial charge in [-0.25, -0.2) is 8.78 Å². The molecular formula is C68H50F2N2S2. The molecule has 2 aromatic heterocycles. The Labute approximate surface area is 438 Å². The highest BCUT2D eigenvalue weighted by atomic mass is 32.1. The molecule has 74 heavy (non-hydrogen) atoms. The van der Waals surface area contributed by atoms with Gasteiger partial charge < -0.3 is 9.80 Å². The van der Waals surface area contributed by atoms with Gasteiger partial charge in [-0.1, -0.05) is 161 Å². The second-order valence-electron chi connectivity index (χ2n) is 20.4. The zero-order valence-electron chi connectivity index (χ0n) is 41.5. The third-order valence-corrected chi connectivity index (χ3v) is 18.8. The van der Waals surface area contributed by atoms with Gasteiger partial charge >= 0.3 is 0 Å². The van der Waals surface area contributed by atoms with Crippen LogP contribution in [0.4, 0.5) is 42.9 Å². The van der Waals surface area contributed by atoms with Crippen molar-refractivity contribution >= 4 is 97.1 Å². The van der Waals surface area contributed by atoms with E-state index in [1.807, 2.05) is 34.8 Å². The van der Waals surface area contributed by atoms with E-state index in [4.69, 9.17) is 0 Å². The van der Waals surface area contributed by atoms with E-state index in [2.05, 4.69) is 195 Å². The topological polar surface area (TPSA) is 6.48 Å². The molecule has 0 radical (unpaired) electrons. The van der Waals surface area contributed by atoms with Gasteiger partial charge in [0.25, 0.3) is 0 Å². The fraction of sp³-hybridized carbons (Fsp3) is 0.118. The molecule has 2 aliphatic rings. The fourth-order valence-corrected chi connectivity index (χ4v) is 15.7. The molecule has 0 aliphatic heterocycles. The van der Waals surface area contributed by atoms with Crippen molar-refractivity contribution in [1.29, 1.82) is 0 Å². The summed E-state index contributed by atoms with van der Waals surface area (Å²) in [6, 6.07) is 72.2. The molecule has 1 spiro atoms. The van der Waals surface area contributed by atoms with Gasteiger partial charge in [0.05, 0.1) is 26.2 Å². The molecule has 6 heteroatoms. The molecule has 358 valence electrons. The van der Waals surface area contributed by atoms with E-state index in [0.717, 1.165) is 67.5 Å². The van der Waals surface area contributed by atoms with Crippen LogP contribution in [0.5, 0.6) is 0 Å². The molecule has 0 amide bonds. The van der Waals surface area contributed by atoms with Crippen molar-refractivity contribution in [2.45, 2.75) is 51.4 Å². The standard InChI is InChI=1S/C68H50F2N2S2/c1-5-41-17-11-23-49-51-25-15-31-61(65(51)73-63(41)49)71(45-21-13-19-43(69)37-45)47-33-35-55-53(39-47)54-40-48(34-36-56(54)68(55)59-29-9-7-27-57(59)67(3,4)58-28-8-10-30-60(58)68)72(46-22-14-20-44(70)38-46)62-32-16-26-52-50-24-12-18-42(6-2)64(50)74-66(52)62/h7-40H,5-6H2,1-4H3. The number of benzene rings is 10. The second-order valence-corrected chi connectivity index (χ2v) is 22.4. The maximum absolute atomic E-state index is 15.7. The molecular weight excluding hydrogens is 947 g/mol.